The Hall–Kier alpha value is -3.08. The third kappa shape index (κ3) is 3.97. The monoisotopic (exact) mass is 407 g/mol. The molecule has 1 unspecified atom stereocenters. The minimum Gasteiger partial charge on any atom is -0.503 e. The number of aliphatic hydroxyl groups excluding tert-OH is 1. The second kappa shape index (κ2) is 8.34. The molecule has 2 aromatic rings. The first kappa shape index (κ1) is 21.6. The highest BCUT2D eigenvalue weighted by Gasteiger charge is 2.43. The van der Waals surface area contributed by atoms with E-state index >= 15 is 0 Å². The van der Waals surface area contributed by atoms with E-state index < -0.39 is 17.7 Å². The van der Waals surface area contributed by atoms with Crippen LogP contribution < -0.4 is 9.64 Å². The topological polar surface area (TPSA) is 66.8 Å². The smallest absolute Gasteiger partial charge is 0.294 e. The van der Waals surface area contributed by atoms with Crippen molar-refractivity contribution in [3.8, 4) is 5.75 Å². The molecule has 0 saturated heterocycles. The van der Waals surface area contributed by atoms with Crippen molar-refractivity contribution in [2.45, 2.75) is 52.5 Å². The number of aliphatic hydroxyl groups is 1. The van der Waals surface area contributed by atoms with Gasteiger partial charge in [0, 0.05) is 12.1 Å². The van der Waals surface area contributed by atoms with Gasteiger partial charge >= 0.3 is 0 Å². The van der Waals surface area contributed by atoms with Gasteiger partial charge in [0.2, 0.25) is 0 Å². The van der Waals surface area contributed by atoms with E-state index in [0.717, 1.165) is 11.1 Å². The molecule has 5 nitrogen and oxygen atoms in total. The molecule has 1 N–H and O–H groups in total. The van der Waals surface area contributed by atoms with Crippen molar-refractivity contribution in [1.29, 1.82) is 0 Å². The lowest BCUT2D eigenvalue weighted by atomic mass is 9.85. The number of ketones is 1. The molecule has 158 valence electrons. The number of hydrogen-bond donors (Lipinski definition) is 1. The second-order valence-electron chi connectivity index (χ2n) is 8.42. The minimum atomic E-state index is -0.670. The Kier molecular flexibility index (Phi) is 6.01. The molecule has 0 aliphatic carbocycles. The largest absolute Gasteiger partial charge is 0.503 e. The van der Waals surface area contributed by atoms with Crippen LogP contribution in [0.2, 0.25) is 0 Å². The molecule has 0 aromatic heterocycles. The summed E-state index contributed by atoms with van der Waals surface area (Å²) in [4.78, 5) is 27.2. The summed E-state index contributed by atoms with van der Waals surface area (Å²) in [5, 5.41) is 10.6. The van der Waals surface area contributed by atoms with Gasteiger partial charge in [0.05, 0.1) is 18.2 Å². The van der Waals surface area contributed by atoms with Crippen molar-refractivity contribution >= 4 is 17.4 Å². The van der Waals surface area contributed by atoms with Gasteiger partial charge in [-0.1, -0.05) is 52.0 Å². The number of hydrogen-bond acceptors (Lipinski definition) is 4. The number of anilines is 1. The molecule has 2 aromatic carbocycles. The number of carbonyl (C=O) groups excluding carboxylic acids is 2. The number of ether oxygens (including phenoxy) is 1. The number of rotatable bonds is 6. The fourth-order valence-corrected chi connectivity index (χ4v) is 3.70. The molecule has 0 fully saturated rings. The standard InChI is InChI=1S/C25H29NO4/c1-6-20(27)21-22(16-8-10-17(11-9-16)25(3,4)5)26(24(29)23(21)28)18-12-14-19(15-13-18)30-7-2/h8-15,22,28H,6-7H2,1-5H3. The molecule has 3 rings (SSSR count). The number of carbonyl (C=O) groups is 2. The van der Waals surface area contributed by atoms with E-state index in [9.17, 15) is 14.7 Å². The van der Waals surface area contributed by atoms with Crippen LogP contribution in [0.15, 0.2) is 59.9 Å². The van der Waals surface area contributed by atoms with Crippen molar-refractivity contribution in [1.82, 2.24) is 0 Å². The van der Waals surface area contributed by atoms with Gasteiger partial charge in [0.25, 0.3) is 5.91 Å². The van der Waals surface area contributed by atoms with E-state index in [1.54, 1.807) is 31.2 Å². The maximum atomic E-state index is 13.0. The minimum absolute atomic E-state index is 0.0150. The van der Waals surface area contributed by atoms with Gasteiger partial charge in [-0.15, -0.1) is 0 Å². The lowest BCUT2D eigenvalue weighted by molar-refractivity contribution is -0.118. The molecule has 1 atom stereocenters. The summed E-state index contributed by atoms with van der Waals surface area (Å²) < 4.78 is 5.49. The Balaban J connectivity index is 2.09. The SMILES string of the molecule is CCOc1ccc(N2C(=O)C(O)=C(C(=O)CC)C2c2ccc(C(C)(C)C)cc2)cc1. The molecular weight excluding hydrogens is 378 g/mol. The Bertz CT molecular complexity index is 966. The first-order valence-electron chi connectivity index (χ1n) is 10.3. The van der Waals surface area contributed by atoms with E-state index in [2.05, 4.69) is 20.8 Å². The van der Waals surface area contributed by atoms with Crippen molar-refractivity contribution in [2.24, 2.45) is 0 Å². The van der Waals surface area contributed by atoms with Gasteiger partial charge in [-0.3, -0.25) is 14.5 Å². The molecule has 0 bridgehead atoms. The molecule has 5 heteroatoms. The zero-order valence-electron chi connectivity index (χ0n) is 18.2. The maximum Gasteiger partial charge on any atom is 0.294 e. The van der Waals surface area contributed by atoms with Crippen LogP contribution in [0.5, 0.6) is 5.75 Å². The van der Waals surface area contributed by atoms with Crippen molar-refractivity contribution in [3.63, 3.8) is 0 Å². The number of amides is 1. The van der Waals surface area contributed by atoms with Crippen LogP contribution in [-0.4, -0.2) is 23.4 Å². The fraction of sp³-hybridized carbons (Fsp3) is 0.360. The predicted molar refractivity (Wildman–Crippen MR) is 118 cm³/mol. The van der Waals surface area contributed by atoms with Crippen LogP contribution >= 0.6 is 0 Å². The van der Waals surface area contributed by atoms with Crippen LogP contribution in [0.1, 0.15) is 58.2 Å². The van der Waals surface area contributed by atoms with E-state index in [1.165, 1.54) is 4.90 Å². The van der Waals surface area contributed by atoms with Crippen LogP contribution in [0.4, 0.5) is 5.69 Å². The zero-order chi connectivity index (χ0) is 22.1. The first-order chi connectivity index (χ1) is 14.2. The Morgan fingerprint density at radius 2 is 1.63 bits per heavy atom. The summed E-state index contributed by atoms with van der Waals surface area (Å²) in [6.07, 6.45) is 0.209. The van der Waals surface area contributed by atoms with Gasteiger partial charge in [-0.25, -0.2) is 0 Å². The molecule has 30 heavy (non-hydrogen) atoms. The van der Waals surface area contributed by atoms with Gasteiger partial charge in [-0.05, 0) is 47.7 Å². The summed E-state index contributed by atoms with van der Waals surface area (Å²) in [5.74, 6) is -0.582. The molecule has 0 saturated carbocycles. The Morgan fingerprint density at radius 1 is 1.03 bits per heavy atom. The summed E-state index contributed by atoms with van der Waals surface area (Å²) in [6.45, 7) is 10.6. The third-order valence-electron chi connectivity index (χ3n) is 5.35. The summed E-state index contributed by atoms with van der Waals surface area (Å²) >= 11 is 0. The lowest BCUT2D eigenvalue weighted by Crippen LogP contribution is -2.31. The van der Waals surface area contributed by atoms with Crippen molar-refractivity contribution in [3.05, 3.63) is 71.0 Å². The van der Waals surface area contributed by atoms with Crippen molar-refractivity contribution in [2.75, 3.05) is 11.5 Å². The molecule has 0 spiro atoms. The van der Waals surface area contributed by atoms with Gasteiger partial charge in [0.1, 0.15) is 5.75 Å². The lowest BCUT2D eigenvalue weighted by Gasteiger charge is -2.28. The quantitative estimate of drug-likeness (QED) is 0.709. The summed E-state index contributed by atoms with van der Waals surface area (Å²) in [5.41, 5.74) is 2.67. The highest BCUT2D eigenvalue weighted by Crippen LogP contribution is 2.42. The second-order valence-corrected chi connectivity index (χ2v) is 8.42. The predicted octanol–water partition coefficient (Wildman–Crippen LogP) is 5.26. The van der Waals surface area contributed by atoms with E-state index in [0.29, 0.717) is 18.0 Å². The highest BCUT2D eigenvalue weighted by atomic mass is 16.5. The molecule has 0 radical (unpaired) electrons. The molecule has 1 amide bonds. The van der Waals surface area contributed by atoms with Crippen molar-refractivity contribution < 1.29 is 19.4 Å². The Morgan fingerprint density at radius 3 is 2.13 bits per heavy atom. The summed E-state index contributed by atoms with van der Waals surface area (Å²) in [6, 6.07) is 14.3. The Labute approximate surface area is 178 Å². The zero-order valence-corrected chi connectivity index (χ0v) is 18.2. The normalized spacial score (nSPS) is 16.9. The van der Waals surface area contributed by atoms with E-state index in [1.807, 2.05) is 31.2 Å². The summed E-state index contributed by atoms with van der Waals surface area (Å²) in [7, 11) is 0. The van der Waals surface area contributed by atoms with E-state index in [-0.39, 0.29) is 23.2 Å². The molecule has 1 heterocycles. The van der Waals surface area contributed by atoms with E-state index in [4.69, 9.17) is 4.74 Å². The highest BCUT2D eigenvalue weighted by molar-refractivity contribution is 6.16. The molecule has 1 aliphatic rings. The fourth-order valence-electron chi connectivity index (χ4n) is 3.70. The average Bonchev–Trinajstić information content (AvgIpc) is 2.99. The maximum absolute atomic E-state index is 13.0. The van der Waals surface area contributed by atoms with Crippen LogP contribution in [-0.2, 0) is 15.0 Å². The van der Waals surface area contributed by atoms with Gasteiger partial charge in [-0.2, -0.15) is 0 Å². The van der Waals surface area contributed by atoms with Crippen LogP contribution in [0.25, 0.3) is 0 Å². The van der Waals surface area contributed by atoms with Gasteiger partial charge < -0.3 is 9.84 Å². The number of benzene rings is 2. The molecule has 1 aliphatic heterocycles. The van der Waals surface area contributed by atoms with Gasteiger partial charge in [0.15, 0.2) is 11.5 Å². The average molecular weight is 408 g/mol. The van der Waals surface area contributed by atoms with Crippen LogP contribution in [0.3, 0.4) is 0 Å². The number of Topliss-reactive ketones (excluding diaryl/α,β-unsaturated/α-hetero) is 1. The third-order valence-corrected chi connectivity index (χ3v) is 5.35. The molecular formula is C25H29NO4. The number of nitrogens with zero attached hydrogens (tertiary/aromatic N) is 1. The van der Waals surface area contributed by atoms with Crippen LogP contribution in [0, 0.1) is 0 Å². The first-order valence-corrected chi connectivity index (χ1v) is 10.3.